The van der Waals surface area contributed by atoms with Gasteiger partial charge in [0, 0.05) is 5.41 Å². The molecule has 3 atom stereocenters. The lowest BCUT2D eigenvalue weighted by atomic mass is 9.49. The van der Waals surface area contributed by atoms with Crippen LogP contribution in [0.5, 0.6) is 0 Å². The van der Waals surface area contributed by atoms with Crippen molar-refractivity contribution in [3.05, 3.63) is 12.7 Å². The molecule has 0 heterocycles. The van der Waals surface area contributed by atoms with Gasteiger partial charge in [0.1, 0.15) is 0 Å². The van der Waals surface area contributed by atoms with Gasteiger partial charge in [0.25, 0.3) is 0 Å². The van der Waals surface area contributed by atoms with Crippen molar-refractivity contribution in [2.75, 3.05) is 0 Å². The topological polar surface area (TPSA) is 20.2 Å². The number of hydrogen-bond donors (Lipinski definition) is 1. The molecule has 2 bridgehead atoms. The van der Waals surface area contributed by atoms with Crippen molar-refractivity contribution in [1.29, 1.82) is 0 Å². The first-order valence-corrected chi connectivity index (χ1v) is 7.03. The van der Waals surface area contributed by atoms with E-state index in [0.29, 0.717) is 0 Å². The van der Waals surface area contributed by atoms with Gasteiger partial charge in [-0.3, -0.25) is 0 Å². The summed E-state index contributed by atoms with van der Waals surface area (Å²) in [6.45, 7) is 14.2. The Hall–Kier alpha value is -0.300. The minimum Gasteiger partial charge on any atom is -0.393 e. The van der Waals surface area contributed by atoms with Crippen LogP contribution in [0.15, 0.2) is 12.7 Å². The Kier molecular flexibility index (Phi) is 4.46. The highest BCUT2D eigenvalue weighted by Gasteiger charge is 2.49. The Morgan fingerprint density at radius 3 is 1.88 bits per heavy atom. The molecule has 0 radical (unpaired) electrons. The van der Waals surface area contributed by atoms with Crippen LogP contribution in [0, 0.1) is 22.7 Å². The van der Waals surface area contributed by atoms with Crippen LogP contribution in [0.1, 0.15) is 60.3 Å². The lowest BCUT2D eigenvalue weighted by Crippen LogP contribution is -2.47. The fourth-order valence-corrected chi connectivity index (χ4v) is 2.88. The second kappa shape index (κ2) is 5.14. The lowest BCUT2D eigenvalue weighted by Gasteiger charge is -2.56. The molecule has 0 aromatic rings. The van der Waals surface area contributed by atoms with E-state index in [1.54, 1.807) is 19.4 Å². The molecular weight excluding hydrogens is 208 g/mol. The number of fused-ring (bicyclic) bond motifs is 2. The quantitative estimate of drug-likeness (QED) is 0.706. The van der Waals surface area contributed by atoms with Gasteiger partial charge >= 0.3 is 0 Å². The zero-order chi connectivity index (χ0) is 13.3. The van der Waals surface area contributed by atoms with E-state index >= 15 is 0 Å². The number of hydrogen-bond acceptors (Lipinski definition) is 1. The van der Waals surface area contributed by atoms with Gasteiger partial charge < -0.3 is 5.11 Å². The molecule has 1 nitrogen and oxygen atoms in total. The van der Waals surface area contributed by atoms with Gasteiger partial charge in [0.2, 0.25) is 0 Å². The van der Waals surface area contributed by atoms with E-state index in [-0.39, 0.29) is 11.5 Å². The Balaban J connectivity index is 0.000000172. The molecule has 0 aromatic carbocycles. The van der Waals surface area contributed by atoms with Crippen molar-refractivity contribution in [1.82, 2.24) is 0 Å². The summed E-state index contributed by atoms with van der Waals surface area (Å²) in [6.07, 6.45) is 7.55. The van der Waals surface area contributed by atoms with Crippen molar-refractivity contribution < 1.29 is 5.11 Å². The van der Waals surface area contributed by atoms with Crippen LogP contribution in [0.3, 0.4) is 0 Å². The van der Waals surface area contributed by atoms with E-state index in [1.165, 1.54) is 19.3 Å². The van der Waals surface area contributed by atoms with Gasteiger partial charge in [-0.2, -0.15) is 0 Å². The van der Waals surface area contributed by atoms with Crippen molar-refractivity contribution in [3.8, 4) is 0 Å². The fourth-order valence-electron chi connectivity index (χ4n) is 2.88. The van der Waals surface area contributed by atoms with Crippen LogP contribution in [0.25, 0.3) is 0 Å². The monoisotopic (exact) mass is 238 g/mol. The molecule has 100 valence electrons. The van der Waals surface area contributed by atoms with Crippen LogP contribution >= 0.6 is 0 Å². The van der Waals surface area contributed by atoms with E-state index in [2.05, 4.69) is 20.4 Å². The van der Waals surface area contributed by atoms with E-state index in [0.717, 1.165) is 17.3 Å². The molecule has 3 unspecified atom stereocenters. The summed E-state index contributed by atoms with van der Waals surface area (Å²) in [5.41, 5.74) is 0.595. The molecule has 3 fully saturated rings. The van der Waals surface area contributed by atoms with Crippen LogP contribution < -0.4 is 0 Å². The van der Waals surface area contributed by atoms with Crippen LogP contribution in [-0.2, 0) is 0 Å². The van der Waals surface area contributed by atoms with Gasteiger partial charge in [-0.05, 0) is 43.4 Å². The predicted molar refractivity (Wildman–Crippen MR) is 74.9 cm³/mol. The molecule has 3 aliphatic carbocycles. The van der Waals surface area contributed by atoms with Crippen molar-refractivity contribution >= 4 is 0 Å². The highest BCUT2D eigenvalue weighted by atomic mass is 16.3. The molecule has 17 heavy (non-hydrogen) atoms. The standard InChI is InChI=1S/C9H16.C7H14O/c1-9(2)7-4-3-5-8(9)6-7;1-5-7(3,4)6(2)8/h7-8H,3-6H2,1-2H3;5-6,8H,1H2,2-4H3. The average molecular weight is 238 g/mol. The molecular formula is C16H30O. The maximum atomic E-state index is 9.01. The Bertz CT molecular complexity index is 247. The summed E-state index contributed by atoms with van der Waals surface area (Å²) in [5, 5.41) is 9.01. The summed E-state index contributed by atoms with van der Waals surface area (Å²) < 4.78 is 0. The predicted octanol–water partition coefficient (Wildman–Crippen LogP) is 4.41. The summed E-state index contributed by atoms with van der Waals surface area (Å²) in [4.78, 5) is 0. The molecule has 3 saturated carbocycles. The van der Waals surface area contributed by atoms with E-state index in [9.17, 15) is 0 Å². The minimum absolute atomic E-state index is 0.139. The van der Waals surface area contributed by atoms with Crippen LogP contribution in [0.4, 0.5) is 0 Å². The SMILES string of the molecule is C=CC(C)(C)C(C)O.CC1(C)C2CCCC1C2. The summed E-state index contributed by atoms with van der Waals surface area (Å²) in [6, 6.07) is 0. The molecule has 3 aliphatic rings. The first-order chi connectivity index (χ1) is 7.71. The minimum atomic E-state index is -0.306. The molecule has 0 aliphatic heterocycles. The highest BCUT2D eigenvalue weighted by Crippen LogP contribution is 2.58. The Labute approximate surface area is 107 Å². The smallest absolute Gasteiger partial charge is 0.0597 e. The van der Waals surface area contributed by atoms with Gasteiger partial charge in [-0.1, -0.05) is 40.2 Å². The van der Waals surface area contributed by atoms with Crippen molar-refractivity contribution in [3.63, 3.8) is 0 Å². The zero-order valence-corrected chi connectivity index (χ0v) is 12.3. The molecule has 0 aromatic heterocycles. The molecule has 0 spiro atoms. The van der Waals surface area contributed by atoms with Gasteiger partial charge in [0.05, 0.1) is 6.10 Å². The Morgan fingerprint density at radius 1 is 1.29 bits per heavy atom. The first kappa shape index (κ1) is 14.8. The van der Waals surface area contributed by atoms with E-state index < -0.39 is 0 Å². The fraction of sp³-hybridized carbons (Fsp3) is 0.875. The third-order valence-electron chi connectivity index (χ3n) is 5.38. The van der Waals surface area contributed by atoms with Crippen molar-refractivity contribution in [2.24, 2.45) is 22.7 Å². The first-order valence-electron chi connectivity index (χ1n) is 7.03. The summed E-state index contributed by atoms with van der Waals surface area (Å²) in [7, 11) is 0. The average Bonchev–Trinajstić information content (AvgIpc) is 2.30. The van der Waals surface area contributed by atoms with Gasteiger partial charge in [-0.25, -0.2) is 0 Å². The molecule has 3 rings (SSSR count). The maximum absolute atomic E-state index is 9.01. The van der Waals surface area contributed by atoms with Crippen molar-refractivity contribution in [2.45, 2.75) is 66.4 Å². The lowest BCUT2D eigenvalue weighted by molar-refractivity contribution is -0.0646. The van der Waals surface area contributed by atoms with Crippen LogP contribution in [-0.4, -0.2) is 11.2 Å². The van der Waals surface area contributed by atoms with Gasteiger partial charge in [0.15, 0.2) is 0 Å². The number of aliphatic hydroxyl groups is 1. The highest BCUT2D eigenvalue weighted by molar-refractivity contribution is 4.99. The molecule has 0 saturated heterocycles. The maximum Gasteiger partial charge on any atom is 0.0597 e. The number of aliphatic hydroxyl groups excluding tert-OH is 1. The summed E-state index contributed by atoms with van der Waals surface area (Å²) in [5.74, 6) is 2.19. The second-order valence-electron chi connectivity index (χ2n) is 7.08. The molecule has 1 N–H and O–H groups in total. The molecule has 1 heteroatoms. The van der Waals surface area contributed by atoms with E-state index in [4.69, 9.17) is 5.11 Å². The molecule has 0 amide bonds. The largest absolute Gasteiger partial charge is 0.393 e. The zero-order valence-electron chi connectivity index (χ0n) is 12.3. The van der Waals surface area contributed by atoms with E-state index in [1.807, 2.05) is 13.8 Å². The Morgan fingerprint density at radius 2 is 1.76 bits per heavy atom. The second-order valence-corrected chi connectivity index (χ2v) is 7.08. The normalized spacial score (nSPS) is 31.6. The van der Waals surface area contributed by atoms with Gasteiger partial charge in [-0.15, -0.1) is 6.58 Å². The number of rotatable bonds is 2. The van der Waals surface area contributed by atoms with Crippen LogP contribution in [0.2, 0.25) is 0 Å². The third kappa shape index (κ3) is 3.13. The summed E-state index contributed by atoms with van der Waals surface area (Å²) >= 11 is 0. The third-order valence-corrected chi connectivity index (χ3v) is 5.38.